The molecule has 1 fully saturated rings. The fraction of sp³-hybridized carbons (Fsp3) is 0.538. The van der Waals surface area contributed by atoms with Crippen molar-refractivity contribution in [1.29, 1.82) is 0 Å². The van der Waals surface area contributed by atoms with Gasteiger partial charge in [-0.1, -0.05) is 19.1 Å². The molecule has 1 saturated heterocycles. The van der Waals surface area contributed by atoms with Gasteiger partial charge in [-0.3, -0.25) is 0 Å². The first-order chi connectivity index (χ1) is 7.15. The highest BCUT2D eigenvalue weighted by Crippen LogP contribution is 2.22. The van der Waals surface area contributed by atoms with Gasteiger partial charge in [0.15, 0.2) is 0 Å². The van der Waals surface area contributed by atoms with E-state index in [1.807, 2.05) is 0 Å². The zero-order chi connectivity index (χ0) is 10.8. The highest BCUT2D eigenvalue weighted by Gasteiger charge is 2.22. The first-order valence-electron chi connectivity index (χ1n) is 5.72. The second-order valence-corrected chi connectivity index (χ2v) is 4.84. The minimum atomic E-state index is 0.328. The highest BCUT2D eigenvalue weighted by molar-refractivity contribution is 5.49. The Labute approximate surface area is 92.1 Å². The second-order valence-electron chi connectivity index (χ2n) is 4.84. The van der Waals surface area contributed by atoms with Gasteiger partial charge < -0.3 is 10.6 Å². The van der Waals surface area contributed by atoms with Crippen molar-refractivity contribution in [3.05, 3.63) is 29.8 Å². The van der Waals surface area contributed by atoms with E-state index in [0.717, 1.165) is 19.5 Å². The standard InChI is InChI=1S/C13H20N2/c1-10-4-3-5-13(7-10)15-8-11(2)6-12(14)9-15/h3-5,7,11-12H,6,8-9,14H2,1-2H3. The van der Waals surface area contributed by atoms with Crippen molar-refractivity contribution in [2.75, 3.05) is 18.0 Å². The Morgan fingerprint density at radius 2 is 2.13 bits per heavy atom. The molecular formula is C13H20N2. The molecule has 0 aromatic heterocycles. The van der Waals surface area contributed by atoms with Crippen LogP contribution >= 0.6 is 0 Å². The number of benzene rings is 1. The number of hydrogen-bond acceptors (Lipinski definition) is 2. The maximum atomic E-state index is 6.05. The van der Waals surface area contributed by atoms with Gasteiger partial charge >= 0.3 is 0 Å². The summed E-state index contributed by atoms with van der Waals surface area (Å²) in [5.41, 5.74) is 8.68. The molecule has 1 aliphatic heterocycles. The summed E-state index contributed by atoms with van der Waals surface area (Å²) >= 11 is 0. The van der Waals surface area contributed by atoms with Gasteiger partial charge in [0.05, 0.1) is 0 Å². The Balaban J connectivity index is 2.16. The molecular weight excluding hydrogens is 184 g/mol. The van der Waals surface area contributed by atoms with Crippen LogP contribution in [0.3, 0.4) is 0 Å². The average molecular weight is 204 g/mol. The molecule has 1 aromatic rings. The van der Waals surface area contributed by atoms with Gasteiger partial charge in [-0.05, 0) is 37.0 Å². The van der Waals surface area contributed by atoms with Crippen molar-refractivity contribution in [2.45, 2.75) is 26.3 Å². The predicted octanol–water partition coefficient (Wildman–Crippen LogP) is 2.17. The third kappa shape index (κ3) is 2.51. The predicted molar refractivity (Wildman–Crippen MR) is 65.1 cm³/mol. The fourth-order valence-corrected chi connectivity index (χ4v) is 2.44. The summed E-state index contributed by atoms with van der Waals surface area (Å²) < 4.78 is 0. The summed E-state index contributed by atoms with van der Waals surface area (Å²) in [6.45, 7) is 6.55. The van der Waals surface area contributed by atoms with Gasteiger partial charge in [-0.15, -0.1) is 0 Å². The molecule has 0 amide bonds. The smallest absolute Gasteiger partial charge is 0.0369 e. The molecule has 2 heteroatoms. The lowest BCUT2D eigenvalue weighted by molar-refractivity contribution is 0.401. The molecule has 0 radical (unpaired) electrons. The molecule has 2 nitrogen and oxygen atoms in total. The molecule has 2 unspecified atom stereocenters. The summed E-state index contributed by atoms with van der Waals surface area (Å²) in [7, 11) is 0. The Hall–Kier alpha value is -1.02. The Bertz CT molecular complexity index is 325. The number of piperidine rings is 1. The highest BCUT2D eigenvalue weighted by atomic mass is 15.2. The van der Waals surface area contributed by atoms with E-state index in [1.165, 1.54) is 11.3 Å². The molecule has 2 rings (SSSR count). The fourth-order valence-electron chi connectivity index (χ4n) is 2.44. The van der Waals surface area contributed by atoms with Crippen LogP contribution in [0.25, 0.3) is 0 Å². The van der Waals surface area contributed by atoms with Gasteiger partial charge in [-0.25, -0.2) is 0 Å². The molecule has 0 spiro atoms. The normalized spacial score (nSPS) is 26.7. The van der Waals surface area contributed by atoms with Crippen molar-refractivity contribution in [3.8, 4) is 0 Å². The topological polar surface area (TPSA) is 29.3 Å². The third-order valence-electron chi connectivity index (χ3n) is 3.06. The van der Waals surface area contributed by atoms with Crippen molar-refractivity contribution in [3.63, 3.8) is 0 Å². The van der Waals surface area contributed by atoms with Gasteiger partial charge in [0.1, 0.15) is 0 Å². The van der Waals surface area contributed by atoms with Crippen LogP contribution in [0.5, 0.6) is 0 Å². The van der Waals surface area contributed by atoms with E-state index in [0.29, 0.717) is 12.0 Å². The number of hydrogen-bond donors (Lipinski definition) is 1. The number of rotatable bonds is 1. The van der Waals surface area contributed by atoms with Crippen LogP contribution in [-0.4, -0.2) is 19.1 Å². The van der Waals surface area contributed by atoms with E-state index in [-0.39, 0.29) is 0 Å². The maximum absolute atomic E-state index is 6.05. The van der Waals surface area contributed by atoms with E-state index in [2.05, 4.69) is 43.0 Å². The molecule has 0 aliphatic carbocycles. The van der Waals surface area contributed by atoms with Gasteiger partial charge in [-0.2, -0.15) is 0 Å². The van der Waals surface area contributed by atoms with E-state index < -0.39 is 0 Å². The van der Waals surface area contributed by atoms with Crippen LogP contribution < -0.4 is 10.6 Å². The maximum Gasteiger partial charge on any atom is 0.0369 e. The molecule has 2 atom stereocenters. The van der Waals surface area contributed by atoms with Crippen LogP contribution in [0.15, 0.2) is 24.3 Å². The zero-order valence-corrected chi connectivity index (χ0v) is 9.61. The molecule has 1 aromatic carbocycles. The van der Waals surface area contributed by atoms with Crippen molar-refractivity contribution < 1.29 is 0 Å². The van der Waals surface area contributed by atoms with E-state index in [1.54, 1.807) is 0 Å². The Morgan fingerprint density at radius 1 is 1.33 bits per heavy atom. The molecule has 1 aliphatic rings. The SMILES string of the molecule is Cc1cccc(N2CC(C)CC(N)C2)c1. The van der Waals surface area contributed by atoms with Crippen LogP contribution in [0.4, 0.5) is 5.69 Å². The number of aryl methyl sites for hydroxylation is 1. The lowest BCUT2D eigenvalue weighted by Gasteiger charge is -2.36. The summed E-state index contributed by atoms with van der Waals surface area (Å²) in [5.74, 6) is 0.703. The first kappa shape index (κ1) is 10.5. The summed E-state index contributed by atoms with van der Waals surface area (Å²) in [6.07, 6.45) is 1.16. The average Bonchev–Trinajstić information content (AvgIpc) is 2.16. The summed E-state index contributed by atoms with van der Waals surface area (Å²) in [4.78, 5) is 2.41. The van der Waals surface area contributed by atoms with Crippen molar-refractivity contribution >= 4 is 5.69 Å². The molecule has 0 saturated carbocycles. The Morgan fingerprint density at radius 3 is 2.80 bits per heavy atom. The Kier molecular flexibility index (Phi) is 2.96. The first-order valence-corrected chi connectivity index (χ1v) is 5.72. The largest absolute Gasteiger partial charge is 0.370 e. The number of nitrogens with zero attached hydrogens (tertiary/aromatic N) is 1. The third-order valence-corrected chi connectivity index (χ3v) is 3.06. The van der Waals surface area contributed by atoms with Crippen LogP contribution in [0.1, 0.15) is 18.9 Å². The van der Waals surface area contributed by atoms with Gasteiger partial charge in [0.25, 0.3) is 0 Å². The minimum Gasteiger partial charge on any atom is -0.370 e. The zero-order valence-electron chi connectivity index (χ0n) is 9.61. The molecule has 82 valence electrons. The summed E-state index contributed by atoms with van der Waals surface area (Å²) in [6, 6.07) is 9.00. The monoisotopic (exact) mass is 204 g/mol. The van der Waals surface area contributed by atoms with Crippen molar-refractivity contribution in [2.24, 2.45) is 11.7 Å². The number of anilines is 1. The van der Waals surface area contributed by atoms with Gasteiger partial charge in [0, 0.05) is 24.8 Å². The van der Waals surface area contributed by atoms with Crippen LogP contribution in [-0.2, 0) is 0 Å². The molecule has 2 N–H and O–H groups in total. The van der Waals surface area contributed by atoms with Gasteiger partial charge in [0.2, 0.25) is 0 Å². The van der Waals surface area contributed by atoms with Crippen LogP contribution in [0, 0.1) is 12.8 Å². The lowest BCUT2D eigenvalue weighted by atomic mass is 9.96. The number of nitrogens with two attached hydrogens (primary N) is 1. The summed E-state index contributed by atoms with van der Waals surface area (Å²) in [5, 5.41) is 0. The second kappa shape index (κ2) is 4.23. The minimum absolute atomic E-state index is 0.328. The van der Waals surface area contributed by atoms with Crippen LogP contribution in [0.2, 0.25) is 0 Å². The quantitative estimate of drug-likeness (QED) is 0.759. The molecule has 1 heterocycles. The lowest BCUT2D eigenvalue weighted by Crippen LogP contribution is -2.46. The van der Waals surface area contributed by atoms with Crippen molar-refractivity contribution in [1.82, 2.24) is 0 Å². The van der Waals surface area contributed by atoms with E-state index >= 15 is 0 Å². The molecule has 0 bridgehead atoms. The van der Waals surface area contributed by atoms with E-state index in [4.69, 9.17) is 5.73 Å². The van der Waals surface area contributed by atoms with E-state index in [9.17, 15) is 0 Å². The molecule has 15 heavy (non-hydrogen) atoms.